The van der Waals surface area contributed by atoms with E-state index in [-0.39, 0.29) is 5.82 Å². The summed E-state index contributed by atoms with van der Waals surface area (Å²) in [4.78, 5) is 4.40. The van der Waals surface area contributed by atoms with Gasteiger partial charge in [-0.05, 0) is 23.8 Å². The Kier molecular flexibility index (Phi) is 4.61. The van der Waals surface area contributed by atoms with Crippen LogP contribution in [0.5, 0.6) is 0 Å². The number of aromatic nitrogens is 2. The second-order valence-electron chi connectivity index (χ2n) is 5.53. The lowest BCUT2D eigenvalue weighted by atomic mass is 10.1. The highest BCUT2D eigenvalue weighted by molar-refractivity contribution is 6.08. The zero-order chi connectivity index (χ0) is 17.8. The van der Waals surface area contributed by atoms with E-state index in [2.05, 4.69) is 16.9 Å². The maximum absolute atomic E-state index is 13.2. The summed E-state index contributed by atoms with van der Waals surface area (Å²) in [6.07, 6.45) is 6.14. The highest BCUT2D eigenvalue weighted by Gasteiger charge is 2.09. The van der Waals surface area contributed by atoms with Gasteiger partial charge in [-0.1, -0.05) is 24.8 Å². The summed E-state index contributed by atoms with van der Waals surface area (Å²) in [6.45, 7) is 4.49. The Morgan fingerprint density at radius 3 is 2.92 bits per heavy atom. The Morgan fingerprint density at radius 2 is 2.20 bits per heavy atom. The van der Waals surface area contributed by atoms with Crippen LogP contribution in [-0.4, -0.2) is 15.6 Å². The van der Waals surface area contributed by atoms with Crippen LogP contribution in [0.2, 0.25) is 0 Å². The summed E-state index contributed by atoms with van der Waals surface area (Å²) in [7, 11) is 0. The molecule has 0 spiro atoms. The number of pyridine rings is 1. The summed E-state index contributed by atoms with van der Waals surface area (Å²) in [5, 5.41) is 10.6. The summed E-state index contributed by atoms with van der Waals surface area (Å²) in [5.74, 6) is -0.264. The van der Waals surface area contributed by atoms with E-state index in [0.29, 0.717) is 17.8 Å². The molecule has 0 fully saturated rings. The minimum atomic E-state index is -0.264. The lowest BCUT2D eigenvalue weighted by Crippen LogP contribution is -2.11. The average molecular weight is 335 g/mol. The number of allylic oxidation sites excluding steroid dienone is 1. The van der Waals surface area contributed by atoms with Gasteiger partial charge in [0.25, 0.3) is 0 Å². The molecule has 0 bridgehead atoms. The molecule has 0 saturated heterocycles. The summed E-state index contributed by atoms with van der Waals surface area (Å²) >= 11 is 0. The van der Waals surface area contributed by atoms with E-state index >= 15 is 0 Å². The van der Waals surface area contributed by atoms with Gasteiger partial charge in [0, 0.05) is 36.3 Å². The maximum atomic E-state index is 13.2. The van der Waals surface area contributed by atoms with Gasteiger partial charge in [-0.3, -0.25) is 0 Å². The first-order valence-electron chi connectivity index (χ1n) is 7.69. The third-order valence-electron chi connectivity index (χ3n) is 3.88. The molecule has 0 amide bonds. The first kappa shape index (κ1) is 16.4. The SMILES string of the molecule is C=C(NCc1cccc(F)c1)c1ncn2cc(/C(C=N)=C/N)ccc12. The van der Waals surface area contributed by atoms with E-state index in [1.54, 1.807) is 12.4 Å². The molecule has 2 aromatic heterocycles. The fourth-order valence-electron chi connectivity index (χ4n) is 2.57. The first-order valence-corrected chi connectivity index (χ1v) is 7.69. The second kappa shape index (κ2) is 7.00. The molecule has 0 aliphatic carbocycles. The van der Waals surface area contributed by atoms with Crippen molar-refractivity contribution < 1.29 is 4.39 Å². The number of nitrogens with one attached hydrogen (secondary N) is 2. The van der Waals surface area contributed by atoms with Crippen molar-refractivity contribution in [3.05, 3.63) is 84.3 Å². The fourth-order valence-corrected chi connectivity index (χ4v) is 2.57. The zero-order valence-corrected chi connectivity index (χ0v) is 13.5. The van der Waals surface area contributed by atoms with Crippen LogP contribution in [-0.2, 0) is 6.54 Å². The number of rotatable bonds is 6. The van der Waals surface area contributed by atoms with Crippen molar-refractivity contribution in [3.63, 3.8) is 0 Å². The van der Waals surface area contributed by atoms with Gasteiger partial charge in [-0.15, -0.1) is 0 Å². The van der Waals surface area contributed by atoms with Crippen LogP contribution < -0.4 is 11.1 Å². The van der Waals surface area contributed by atoms with Gasteiger partial charge in [0.05, 0.1) is 11.2 Å². The van der Waals surface area contributed by atoms with Crippen LogP contribution in [0.25, 0.3) is 16.8 Å². The molecular formula is C19H18FN5. The maximum Gasteiger partial charge on any atom is 0.123 e. The van der Waals surface area contributed by atoms with Crippen molar-refractivity contribution >= 4 is 23.0 Å². The molecule has 0 unspecified atom stereocenters. The molecule has 0 atom stereocenters. The molecule has 0 saturated carbocycles. The monoisotopic (exact) mass is 335 g/mol. The smallest absolute Gasteiger partial charge is 0.123 e. The van der Waals surface area contributed by atoms with Crippen LogP contribution >= 0.6 is 0 Å². The van der Waals surface area contributed by atoms with Gasteiger partial charge in [0.1, 0.15) is 17.8 Å². The van der Waals surface area contributed by atoms with Crippen LogP contribution in [0.4, 0.5) is 4.39 Å². The van der Waals surface area contributed by atoms with Gasteiger partial charge >= 0.3 is 0 Å². The Labute approximate surface area is 144 Å². The number of halogens is 1. The van der Waals surface area contributed by atoms with E-state index in [1.165, 1.54) is 24.5 Å². The number of hydrogen-bond donors (Lipinski definition) is 3. The molecule has 126 valence electrons. The van der Waals surface area contributed by atoms with Gasteiger partial charge in [0.15, 0.2) is 0 Å². The van der Waals surface area contributed by atoms with E-state index < -0.39 is 0 Å². The topological polar surface area (TPSA) is 79.2 Å². The quantitative estimate of drug-likeness (QED) is 0.605. The molecule has 0 radical (unpaired) electrons. The standard InChI is InChI=1S/C19H18FN5/c1-13(23-10-14-3-2-4-17(20)7-14)19-18-6-5-15(16(8-21)9-22)11-25(18)12-24-19/h2-9,11-12,21,23H,1,10,22H2/b16-9+,21-8?. The predicted octanol–water partition coefficient (Wildman–Crippen LogP) is 3.18. The number of hydrogen-bond acceptors (Lipinski definition) is 4. The molecule has 5 nitrogen and oxygen atoms in total. The van der Waals surface area contributed by atoms with Crippen LogP contribution in [0.1, 0.15) is 16.8 Å². The molecule has 0 aliphatic heterocycles. The van der Waals surface area contributed by atoms with Crippen molar-refractivity contribution in [1.29, 1.82) is 5.41 Å². The van der Waals surface area contributed by atoms with Gasteiger partial charge in [-0.2, -0.15) is 0 Å². The number of nitrogens with zero attached hydrogens (tertiary/aromatic N) is 2. The Morgan fingerprint density at radius 1 is 1.36 bits per heavy atom. The molecule has 25 heavy (non-hydrogen) atoms. The summed E-state index contributed by atoms with van der Waals surface area (Å²) < 4.78 is 15.1. The minimum Gasteiger partial charge on any atom is -0.404 e. The predicted molar refractivity (Wildman–Crippen MR) is 98.4 cm³/mol. The molecule has 2 heterocycles. The highest BCUT2D eigenvalue weighted by Crippen LogP contribution is 2.19. The largest absolute Gasteiger partial charge is 0.404 e. The molecule has 4 N–H and O–H groups in total. The fraction of sp³-hybridized carbons (Fsp3) is 0.0526. The normalized spacial score (nSPS) is 11.5. The lowest BCUT2D eigenvalue weighted by molar-refractivity contribution is 0.624. The summed E-state index contributed by atoms with van der Waals surface area (Å²) in [6, 6.07) is 10.2. The van der Waals surface area contributed by atoms with Crippen LogP contribution in [0.3, 0.4) is 0 Å². The third kappa shape index (κ3) is 3.42. The first-order chi connectivity index (χ1) is 12.1. The average Bonchev–Trinajstić information content (AvgIpc) is 3.04. The lowest BCUT2D eigenvalue weighted by Gasteiger charge is -2.09. The van der Waals surface area contributed by atoms with E-state index in [1.807, 2.05) is 28.8 Å². The van der Waals surface area contributed by atoms with Crippen molar-refractivity contribution in [2.45, 2.75) is 6.54 Å². The van der Waals surface area contributed by atoms with E-state index in [0.717, 1.165) is 22.3 Å². The molecule has 3 aromatic rings. The van der Waals surface area contributed by atoms with E-state index in [9.17, 15) is 4.39 Å². The van der Waals surface area contributed by atoms with Crippen molar-refractivity contribution in [2.24, 2.45) is 5.73 Å². The van der Waals surface area contributed by atoms with Crippen molar-refractivity contribution in [1.82, 2.24) is 14.7 Å². The Bertz CT molecular complexity index is 971. The molecule has 1 aromatic carbocycles. The zero-order valence-electron chi connectivity index (χ0n) is 13.5. The molecule has 6 heteroatoms. The molecule has 3 rings (SSSR count). The van der Waals surface area contributed by atoms with Gasteiger partial charge in [0.2, 0.25) is 0 Å². The Hall–Kier alpha value is -3.41. The van der Waals surface area contributed by atoms with Crippen molar-refractivity contribution in [3.8, 4) is 0 Å². The van der Waals surface area contributed by atoms with Gasteiger partial charge in [-0.25, -0.2) is 9.37 Å². The minimum absolute atomic E-state index is 0.264. The van der Waals surface area contributed by atoms with Crippen LogP contribution in [0.15, 0.2) is 61.7 Å². The van der Waals surface area contributed by atoms with E-state index in [4.69, 9.17) is 11.1 Å². The van der Waals surface area contributed by atoms with Crippen LogP contribution in [0, 0.1) is 11.2 Å². The number of imidazole rings is 1. The van der Waals surface area contributed by atoms with Gasteiger partial charge < -0.3 is 20.9 Å². The molecular weight excluding hydrogens is 317 g/mol. The Balaban J connectivity index is 1.81. The van der Waals surface area contributed by atoms with Crippen molar-refractivity contribution in [2.75, 3.05) is 0 Å². The molecule has 0 aliphatic rings. The third-order valence-corrected chi connectivity index (χ3v) is 3.88. The summed E-state index contributed by atoms with van der Waals surface area (Å²) in [5.41, 5.74) is 10.1. The number of benzene rings is 1. The number of nitrogens with two attached hydrogens (primary N) is 1. The highest BCUT2D eigenvalue weighted by atomic mass is 19.1. The second-order valence-corrected chi connectivity index (χ2v) is 5.53. The number of fused-ring (bicyclic) bond motifs is 1.